The standard InChI is InChI=1S/C11H16N3O7P/c1-2-5-3-14(11(17)13-9(5)12)10-8(16)7(15)6(21-10)4-20-22(18)19/h3,6-8,10,15-16H,2,4H2,1H3,(H2-,12,13,17,18,19)/p+1/t6-,7-,8-,10-/m1/s1. The van der Waals surface area contributed by atoms with Crippen molar-refractivity contribution in [2.45, 2.75) is 37.9 Å². The third-order valence-corrected chi connectivity index (χ3v) is 3.77. The van der Waals surface area contributed by atoms with Crippen molar-refractivity contribution in [1.82, 2.24) is 9.55 Å². The summed E-state index contributed by atoms with van der Waals surface area (Å²) < 4.78 is 21.4. The van der Waals surface area contributed by atoms with Gasteiger partial charge in [-0.15, -0.1) is 9.42 Å². The zero-order valence-corrected chi connectivity index (χ0v) is 12.6. The summed E-state index contributed by atoms with van der Waals surface area (Å²) >= 11 is 0. The summed E-state index contributed by atoms with van der Waals surface area (Å²) in [5.74, 6) is 0.0916. The van der Waals surface area contributed by atoms with Crippen LogP contribution in [0.15, 0.2) is 11.0 Å². The first kappa shape index (κ1) is 16.9. The number of aromatic nitrogens is 2. The molecule has 0 saturated carbocycles. The molecule has 0 spiro atoms. The Kier molecular flexibility index (Phi) is 5.22. The number of rotatable bonds is 5. The van der Waals surface area contributed by atoms with Gasteiger partial charge in [-0.3, -0.25) is 4.57 Å². The Hall–Kier alpha value is -1.42. The molecular weight excluding hydrogens is 317 g/mol. The number of aliphatic hydroxyl groups excluding tert-OH is 2. The van der Waals surface area contributed by atoms with Crippen LogP contribution in [0.5, 0.6) is 0 Å². The molecule has 1 saturated heterocycles. The predicted molar refractivity (Wildman–Crippen MR) is 74.0 cm³/mol. The SMILES string of the molecule is CCc1cn([C@@H]2O[C@H](CO[P+](=O)O)[C@@H](O)[C@H]2O)c(=O)nc1N. The number of hydrogen-bond acceptors (Lipinski definition) is 8. The van der Waals surface area contributed by atoms with Gasteiger partial charge in [0.2, 0.25) is 0 Å². The molecule has 22 heavy (non-hydrogen) atoms. The lowest BCUT2D eigenvalue weighted by atomic mass is 10.1. The molecule has 2 heterocycles. The molecule has 1 fully saturated rings. The van der Waals surface area contributed by atoms with Crippen molar-refractivity contribution in [3.8, 4) is 0 Å². The third kappa shape index (κ3) is 3.32. The number of nitrogens with zero attached hydrogens (tertiary/aromatic N) is 2. The summed E-state index contributed by atoms with van der Waals surface area (Å²) in [4.78, 5) is 24.1. The molecule has 1 aromatic rings. The molecule has 0 amide bonds. The average Bonchev–Trinajstić information content (AvgIpc) is 2.73. The fourth-order valence-electron chi connectivity index (χ4n) is 2.21. The van der Waals surface area contributed by atoms with Gasteiger partial charge in [0.05, 0.1) is 0 Å². The first-order valence-electron chi connectivity index (χ1n) is 6.53. The Labute approximate surface area is 126 Å². The van der Waals surface area contributed by atoms with Gasteiger partial charge in [0, 0.05) is 16.3 Å². The van der Waals surface area contributed by atoms with Gasteiger partial charge in [-0.2, -0.15) is 4.98 Å². The monoisotopic (exact) mass is 334 g/mol. The largest absolute Gasteiger partial charge is 0.694 e. The number of hydrogen-bond donors (Lipinski definition) is 4. The topological polar surface area (TPSA) is 157 Å². The van der Waals surface area contributed by atoms with E-state index in [1.807, 2.05) is 6.92 Å². The summed E-state index contributed by atoms with van der Waals surface area (Å²) in [6.07, 6.45) is -3.12. The number of anilines is 1. The van der Waals surface area contributed by atoms with Gasteiger partial charge in [0.25, 0.3) is 0 Å². The van der Waals surface area contributed by atoms with Gasteiger partial charge >= 0.3 is 13.9 Å². The number of nitrogens with two attached hydrogens (primary N) is 1. The lowest BCUT2D eigenvalue weighted by Gasteiger charge is -2.18. The summed E-state index contributed by atoms with van der Waals surface area (Å²) in [5.41, 5.74) is 5.46. The third-order valence-electron chi connectivity index (χ3n) is 3.40. The highest BCUT2D eigenvalue weighted by atomic mass is 31.1. The quantitative estimate of drug-likeness (QED) is 0.479. The van der Waals surface area contributed by atoms with Crippen LogP contribution in [0, 0.1) is 0 Å². The van der Waals surface area contributed by atoms with Crippen LogP contribution in [0.3, 0.4) is 0 Å². The highest BCUT2D eigenvalue weighted by Crippen LogP contribution is 2.30. The molecule has 5 N–H and O–H groups in total. The van der Waals surface area contributed by atoms with Crippen molar-refractivity contribution in [1.29, 1.82) is 0 Å². The number of nitrogen functional groups attached to an aromatic ring is 1. The molecular formula is C11H17N3O7P+. The Morgan fingerprint density at radius 3 is 2.77 bits per heavy atom. The van der Waals surface area contributed by atoms with Crippen LogP contribution in [-0.4, -0.2) is 49.6 Å². The summed E-state index contributed by atoms with van der Waals surface area (Å²) in [6.45, 7) is 1.41. The zero-order valence-electron chi connectivity index (χ0n) is 11.7. The van der Waals surface area contributed by atoms with Crippen LogP contribution in [0.4, 0.5) is 5.82 Å². The Balaban J connectivity index is 2.26. The maximum atomic E-state index is 11.9. The lowest BCUT2D eigenvalue weighted by Crippen LogP contribution is -2.36. The van der Waals surface area contributed by atoms with E-state index >= 15 is 0 Å². The maximum Gasteiger partial charge on any atom is 0.694 e. The number of ether oxygens (including phenoxy) is 1. The van der Waals surface area contributed by atoms with Gasteiger partial charge in [-0.05, 0) is 6.42 Å². The maximum absolute atomic E-state index is 11.9. The summed E-state index contributed by atoms with van der Waals surface area (Å²) in [6, 6.07) is 0. The molecule has 122 valence electrons. The molecule has 1 unspecified atom stereocenters. The molecule has 2 rings (SSSR count). The molecule has 0 bridgehead atoms. The summed E-state index contributed by atoms with van der Waals surface area (Å²) in [7, 11) is -2.86. The minimum absolute atomic E-state index is 0.0916. The van der Waals surface area contributed by atoms with Crippen LogP contribution >= 0.6 is 8.25 Å². The normalized spacial score (nSPS) is 28.8. The van der Waals surface area contributed by atoms with E-state index in [0.717, 1.165) is 4.57 Å². The van der Waals surface area contributed by atoms with Crippen molar-refractivity contribution < 1.29 is 28.9 Å². The average molecular weight is 334 g/mol. The van der Waals surface area contributed by atoms with Crippen molar-refractivity contribution in [3.05, 3.63) is 22.2 Å². The molecule has 1 aromatic heterocycles. The Morgan fingerprint density at radius 2 is 2.18 bits per heavy atom. The smallest absolute Gasteiger partial charge is 0.387 e. The van der Waals surface area contributed by atoms with E-state index in [9.17, 15) is 19.6 Å². The van der Waals surface area contributed by atoms with E-state index in [-0.39, 0.29) is 5.82 Å². The van der Waals surface area contributed by atoms with Gasteiger partial charge in [-0.1, -0.05) is 6.92 Å². The van der Waals surface area contributed by atoms with Crippen molar-refractivity contribution in [2.75, 3.05) is 12.3 Å². The molecule has 5 atom stereocenters. The minimum atomic E-state index is -2.86. The molecule has 1 aliphatic rings. The highest BCUT2D eigenvalue weighted by molar-refractivity contribution is 7.32. The van der Waals surface area contributed by atoms with Crippen LogP contribution in [0.1, 0.15) is 18.7 Å². The molecule has 11 heteroatoms. The fourth-order valence-corrected chi connectivity index (χ4v) is 2.48. The molecule has 0 radical (unpaired) electrons. The number of aliphatic hydroxyl groups is 2. The lowest BCUT2D eigenvalue weighted by molar-refractivity contribution is -0.0517. The van der Waals surface area contributed by atoms with Gasteiger partial charge < -0.3 is 20.7 Å². The van der Waals surface area contributed by atoms with E-state index in [2.05, 4.69) is 9.51 Å². The fraction of sp³-hybridized carbons (Fsp3) is 0.636. The van der Waals surface area contributed by atoms with E-state index in [4.69, 9.17) is 15.4 Å². The molecule has 10 nitrogen and oxygen atoms in total. The molecule has 0 aliphatic carbocycles. The summed E-state index contributed by atoms with van der Waals surface area (Å²) in [5, 5.41) is 19.9. The van der Waals surface area contributed by atoms with E-state index < -0.39 is 45.1 Å². The first-order chi connectivity index (χ1) is 10.3. The van der Waals surface area contributed by atoms with Crippen molar-refractivity contribution in [3.63, 3.8) is 0 Å². The second-order valence-electron chi connectivity index (χ2n) is 4.77. The van der Waals surface area contributed by atoms with E-state index in [1.54, 1.807) is 0 Å². The van der Waals surface area contributed by atoms with E-state index in [0.29, 0.717) is 12.0 Å². The second kappa shape index (κ2) is 6.78. The first-order valence-corrected chi connectivity index (χ1v) is 7.66. The zero-order chi connectivity index (χ0) is 16.4. The molecule has 1 aliphatic heterocycles. The van der Waals surface area contributed by atoms with E-state index in [1.165, 1.54) is 6.20 Å². The molecule has 0 aromatic carbocycles. The van der Waals surface area contributed by atoms with Crippen LogP contribution in [-0.2, 0) is 20.2 Å². The van der Waals surface area contributed by atoms with Gasteiger partial charge in [0.15, 0.2) is 6.23 Å². The van der Waals surface area contributed by atoms with Crippen LogP contribution < -0.4 is 11.4 Å². The van der Waals surface area contributed by atoms with Gasteiger partial charge in [0.1, 0.15) is 30.7 Å². The van der Waals surface area contributed by atoms with Gasteiger partial charge in [-0.25, -0.2) is 4.79 Å². The van der Waals surface area contributed by atoms with Crippen molar-refractivity contribution >= 4 is 14.1 Å². The Morgan fingerprint density at radius 1 is 1.50 bits per heavy atom. The van der Waals surface area contributed by atoms with Crippen LogP contribution in [0.25, 0.3) is 0 Å². The Bertz CT molecular complexity index is 622. The highest BCUT2D eigenvalue weighted by Gasteiger charge is 2.45. The second-order valence-corrected chi connectivity index (χ2v) is 5.51. The van der Waals surface area contributed by atoms with Crippen molar-refractivity contribution in [2.24, 2.45) is 0 Å². The number of aryl methyl sites for hydroxylation is 1. The minimum Gasteiger partial charge on any atom is -0.387 e. The van der Waals surface area contributed by atoms with Crippen LogP contribution in [0.2, 0.25) is 0 Å². The predicted octanol–water partition coefficient (Wildman–Crippen LogP) is -1.33.